The average molecular weight is 223 g/mol. The van der Waals surface area contributed by atoms with Crippen LogP contribution in [0, 0.1) is 5.82 Å². The van der Waals surface area contributed by atoms with Gasteiger partial charge in [0.15, 0.2) is 0 Å². The number of halogens is 1. The van der Waals surface area contributed by atoms with Crippen molar-refractivity contribution in [2.24, 2.45) is 0 Å². The van der Waals surface area contributed by atoms with E-state index in [2.05, 4.69) is 5.32 Å². The zero-order chi connectivity index (χ0) is 11.4. The zero-order valence-electron chi connectivity index (χ0n) is 9.63. The van der Waals surface area contributed by atoms with Crippen LogP contribution in [-0.4, -0.2) is 20.3 Å². The van der Waals surface area contributed by atoms with E-state index in [1.807, 2.05) is 6.07 Å². The van der Waals surface area contributed by atoms with E-state index in [9.17, 15) is 4.39 Å². The number of fused-ring (bicyclic) bond motifs is 1. The van der Waals surface area contributed by atoms with Crippen molar-refractivity contribution < 1.29 is 9.13 Å². The summed E-state index contributed by atoms with van der Waals surface area (Å²) in [6, 6.07) is 5.69. The minimum absolute atomic E-state index is 0.0568. The van der Waals surface area contributed by atoms with Crippen LogP contribution in [-0.2, 0) is 11.2 Å². The van der Waals surface area contributed by atoms with Gasteiger partial charge >= 0.3 is 0 Å². The van der Waals surface area contributed by atoms with Crippen molar-refractivity contribution in [1.82, 2.24) is 5.32 Å². The fourth-order valence-electron chi connectivity index (χ4n) is 2.31. The summed E-state index contributed by atoms with van der Waals surface area (Å²) in [7, 11) is 1.71. The third-order valence-corrected chi connectivity index (χ3v) is 3.13. The van der Waals surface area contributed by atoms with Crippen LogP contribution < -0.4 is 5.32 Å². The molecule has 1 unspecified atom stereocenters. The predicted molar refractivity (Wildman–Crippen MR) is 62.0 cm³/mol. The maximum absolute atomic E-state index is 13.5. The normalized spacial score (nSPS) is 18.8. The minimum Gasteiger partial charge on any atom is -0.385 e. The lowest BCUT2D eigenvalue weighted by Gasteiger charge is -2.13. The van der Waals surface area contributed by atoms with Crippen molar-refractivity contribution in [2.45, 2.75) is 25.3 Å². The Kier molecular flexibility index (Phi) is 3.91. The molecule has 0 saturated heterocycles. The molecule has 0 fully saturated rings. The van der Waals surface area contributed by atoms with Gasteiger partial charge in [0, 0.05) is 19.8 Å². The molecular weight excluding hydrogens is 205 g/mol. The molecule has 1 aliphatic carbocycles. The summed E-state index contributed by atoms with van der Waals surface area (Å²) in [6.07, 6.45) is 2.85. The Labute approximate surface area is 95.8 Å². The molecule has 88 valence electrons. The molecule has 1 N–H and O–H groups in total. The van der Waals surface area contributed by atoms with Crippen molar-refractivity contribution in [3.8, 4) is 0 Å². The smallest absolute Gasteiger partial charge is 0.126 e. The van der Waals surface area contributed by atoms with Gasteiger partial charge in [-0.1, -0.05) is 12.1 Å². The monoisotopic (exact) mass is 223 g/mol. The predicted octanol–water partition coefficient (Wildman–Crippen LogP) is 2.44. The van der Waals surface area contributed by atoms with Crippen LogP contribution in [0.2, 0.25) is 0 Å². The van der Waals surface area contributed by atoms with Crippen LogP contribution in [0.5, 0.6) is 0 Å². The molecule has 0 aromatic heterocycles. The van der Waals surface area contributed by atoms with Gasteiger partial charge in [0.2, 0.25) is 0 Å². The molecule has 0 spiro atoms. The Hall–Kier alpha value is -0.930. The van der Waals surface area contributed by atoms with E-state index >= 15 is 0 Å². The van der Waals surface area contributed by atoms with Gasteiger partial charge in [0.05, 0.1) is 0 Å². The van der Waals surface area contributed by atoms with Gasteiger partial charge in [-0.15, -0.1) is 0 Å². The molecule has 0 radical (unpaired) electrons. The third-order valence-electron chi connectivity index (χ3n) is 3.13. The Morgan fingerprint density at radius 3 is 3.19 bits per heavy atom. The lowest BCUT2D eigenvalue weighted by atomic mass is 10.1. The third kappa shape index (κ3) is 2.42. The number of hydrogen-bond donors (Lipinski definition) is 1. The van der Waals surface area contributed by atoms with E-state index in [0.717, 1.165) is 43.5 Å². The van der Waals surface area contributed by atoms with Gasteiger partial charge < -0.3 is 10.1 Å². The summed E-state index contributed by atoms with van der Waals surface area (Å²) in [5, 5.41) is 3.45. The number of nitrogens with one attached hydrogen (secondary N) is 1. The summed E-state index contributed by atoms with van der Waals surface area (Å²) in [4.78, 5) is 0. The largest absolute Gasteiger partial charge is 0.385 e. The van der Waals surface area contributed by atoms with Crippen LogP contribution in [0.1, 0.15) is 30.0 Å². The van der Waals surface area contributed by atoms with Gasteiger partial charge in [0.1, 0.15) is 5.82 Å². The first-order valence-corrected chi connectivity index (χ1v) is 5.82. The van der Waals surface area contributed by atoms with Crippen molar-refractivity contribution in [3.05, 3.63) is 35.1 Å². The van der Waals surface area contributed by atoms with Crippen LogP contribution in [0.3, 0.4) is 0 Å². The lowest BCUT2D eigenvalue weighted by Crippen LogP contribution is -2.21. The molecule has 1 aliphatic rings. The molecule has 1 aromatic carbocycles. The first kappa shape index (κ1) is 11.6. The molecule has 0 amide bonds. The SMILES string of the molecule is COCCCNC1CCc2c(F)cccc21. The van der Waals surface area contributed by atoms with Crippen LogP contribution in [0.25, 0.3) is 0 Å². The highest BCUT2D eigenvalue weighted by molar-refractivity contribution is 5.35. The van der Waals surface area contributed by atoms with Gasteiger partial charge in [-0.3, -0.25) is 0 Å². The molecule has 0 saturated carbocycles. The topological polar surface area (TPSA) is 21.3 Å². The highest BCUT2D eigenvalue weighted by Crippen LogP contribution is 2.32. The summed E-state index contributed by atoms with van der Waals surface area (Å²) < 4.78 is 18.5. The first-order valence-electron chi connectivity index (χ1n) is 5.82. The fraction of sp³-hybridized carbons (Fsp3) is 0.538. The Bertz CT molecular complexity index is 354. The van der Waals surface area contributed by atoms with Gasteiger partial charge in [-0.05, 0) is 43.0 Å². The highest BCUT2D eigenvalue weighted by atomic mass is 19.1. The number of benzene rings is 1. The van der Waals surface area contributed by atoms with Gasteiger partial charge in [-0.2, -0.15) is 0 Å². The Morgan fingerprint density at radius 1 is 1.50 bits per heavy atom. The average Bonchev–Trinajstić information content (AvgIpc) is 2.70. The van der Waals surface area contributed by atoms with E-state index in [1.54, 1.807) is 19.2 Å². The number of ether oxygens (including phenoxy) is 1. The Balaban J connectivity index is 1.93. The molecule has 0 bridgehead atoms. The summed E-state index contributed by atoms with van der Waals surface area (Å²) >= 11 is 0. The van der Waals surface area contributed by atoms with Gasteiger partial charge in [-0.25, -0.2) is 4.39 Å². The van der Waals surface area contributed by atoms with Crippen molar-refractivity contribution in [3.63, 3.8) is 0 Å². The van der Waals surface area contributed by atoms with Crippen molar-refractivity contribution in [1.29, 1.82) is 0 Å². The fourth-order valence-corrected chi connectivity index (χ4v) is 2.31. The molecule has 2 nitrogen and oxygen atoms in total. The van der Waals surface area contributed by atoms with Crippen LogP contribution >= 0.6 is 0 Å². The first-order chi connectivity index (χ1) is 7.83. The number of hydrogen-bond acceptors (Lipinski definition) is 2. The number of rotatable bonds is 5. The van der Waals surface area contributed by atoms with Crippen LogP contribution in [0.4, 0.5) is 4.39 Å². The molecular formula is C13H18FNO. The van der Waals surface area contributed by atoms with Gasteiger partial charge in [0.25, 0.3) is 0 Å². The minimum atomic E-state index is -0.0568. The maximum atomic E-state index is 13.5. The molecule has 16 heavy (non-hydrogen) atoms. The van der Waals surface area contributed by atoms with E-state index in [4.69, 9.17) is 4.74 Å². The lowest BCUT2D eigenvalue weighted by molar-refractivity contribution is 0.193. The van der Waals surface area contributed by atoms with Crippen molar-refractivity contribution >= 4 is 0 Å². The standard InChI is InChI=1S/C13H18FNO/c1-16-9-3-8-15-13-7-6-10-11(13)4-2-5-12(10)14/h2,4-5,13,15H,3,6-9H2,1H3. The number of methoxy groups -OCH3 is 1. The van der Waals surface area contributed by atoms with Crippen LogP contribution in [0.15, 0.2) is 18.2 Å². The highest BCUT2D eigenvalue weighted by Gasteiger charge is 2.23. The van der Waals surface area contributed by atoms with E-state index in [-0.39, 0.29) is 5.82 Å². The Morgan fingerprint density at radius 2 is 2.38 bits per heavy atom. The molecule has 1 aromatic rings. The van der Waals surface area contributed by atoms with E-state index in [0.29, 0.717) is 6.04 Å². The molecule has 2 rings (SSSR count). The quantitative estimate of drug-likeness (QED) is 0.774. The summed E-state index contributed by atoms with van der Waals surface area (Å²) in [5.41, 5.74) is 2.03. The zero-order valence-corrected chi connectivity index (χ0v) is 9.63. The second kappa shape index (κ2) is 5.41. The second-order valence-corrected chi connectivity index (χ2v) is 4.20. The molecule has 1 atom stereocenters. The second-order valence-electron chi connectivity index (χ2n) is 4.20. The molecule has 3 heteroatoms. The summed E-state index contributed by atoms with van der Waals surface area (Å²) in [5.74, 6) is -0.0568. The maximum Gasteiger partial charge on any atom is 0.126 e. The van der Waals surface area contributed by atoms with E-state index in [1.165, 1.54) is 0 Å². The molecule has 0 aliphatic heterocycles. The van der Waals surface area contributed by atoms with Crippen molar-refractivity contribution in [2.75, 3.05) is 20.3 Å². The summed E-state index contributed by atoms with van der Waals surface area (Å²) in [6.45, 7) is 1.70. The molecule has 0 heterocycles. The van der Waals surface area contributed by atoms with E-state index < -0.39 is 0 Å².